The lowest BCUT2D eigenvalue weighted by molar-refractivity contribution is -0.132. The Morgan fingerprint density at radius 3 is 1.45 bits per heavy atom. The van der Waals surface area contributed by atoms with E-state index in [1.807, 2.05) is 4.90 Å². The molecule has 0 unspecified atom stereocenters. The number of amides is 13. The summed E-state index contributed by atoms with van der Waals surface area (Å²) in [7, 11) is 9.57. The highest BCUT2D eigenvalue weighted by Gasteiger charge is 2.27. The number of aromatic nitrogens is 11. The first-order valence-corrected chi connectivity index (χ1v) is 37.0. The van der Waals surface area contributed by atoms with Gasteiger partial charge in [-0.15, -0.1) is 0 Å². The number of carbonyl (C=O) groups excluding carboxylic acids is 13. The molecule has 0 saturated carbocycles. The number of likely N-dealkylation sites (tertiary alicyclic amines) is 2. The van der Waals surface area contributed by atoms with Gasteiger partial charge in [-0.2, -0.15) is 0 Å². The number of rotatable bonds is 32. The van der Waals surface area contributed by atoms with E-state index in [4.69, 9.17) is 9.47 Å². The standard InChI is InChI=1S/C75H96N24O15/c1-47(100)97-30-20-48(21-31-97)14-11-12-15-49-22-32-98(33-23-49)62(104)19-27-80-71(109)65-89-58(46-95(65)9)90-69(107)54-38-50(41-93(54)7)82-60(102)17-26-79-70(108)64-87-56(44-94(64)8)85-59(101)16-13-24-77-68(106)55-40-52(43-99(55)35-37-113-36-29-81-74(112)114-75(2,3)4)84-73(111)66-88-57(45-96(66)10)86-61(103)18-25-78-67(105)53-39-51(42-92(53)6)83-72(110)63-76-28-34-91(63)5/h28,34,38-46,48-49H,13,16-27,29-33,35-37H2,1-10H3,(H,77,106)(H,78,105)(H,79,108)(H,80,109)(H,81,112)(H,82,102)(H,83,110)(H,84,111)(H,85,101)(H,86,103)(H,90,107). The molecule has 0 bridgehead atoms. The number of carbonyl (C=O) groups is 13. The zero-order valence-corrected chi connectivity index (χ0v) is 65.3. The maximum atomic E-state index is 13.8. The van der Waals surface area contributed by atoms with Crippen molar-refractivity contribution in [1.82, 2.24) is 88.3 Å². The number of aryl methyl sites for hydroxylation is 6. The summed E-state index contributed by atoms with van der Waals surface area (Å²) < 4.78 is 21.3. The molecule has 0 aromatic carbocycles. The quantitative estimate of drug-likeness (QED) is 0.0213. The van der Waals surface area contributed by atoms with E-state index in [1.54, 1.807) is 89.4 Å². The topological polar surface area (TPSA) is 465 Å². The first-order chi connectivity index (χ1) is 54.3. The van der Waals surface area contributed by atoms with Gasteiger partial charge in [0.05, 0.1) is 30.3 Å². The number of hydrogen-bond acceptors (Lipinski definition) is 19. The van der Waals surface area contributed by atoms with E-state index in [2.05, 4.69) is 102 Å². The molecule has 0 radical (unpaired) electrons. The van der Waals surface area contributed by atoms with Crippen LogP contribution in [0.25, 0.3) is 0 Å². The highest BCUT2D eigenvalue weighted by molar-refractivity contribution is 6.06. The second-order valence-corrected chi connectivity index (χ2v) is 28.2. The third-order valence-corrected chi connectivity index (χ3v) is 18.0. The van der Waals surface area contributed by atoms with Gasteiger partial charge in [-0.25, -0.2) is 24.7 Å². The van der Waals surface area contributed by atoms with Crippen LogP contribution >= 0.6 is 0 Å². The van der Waals surface area contributed by atoms with Gasteiger partial charge >= 0.3 is 6.09 Å². The summed E-state index contributed by atoms with van der Waals surface area (Å²) in [5, 5.41) is 29.5. The molecular weight excluding hydrogens is 1480 g/mol. The van der Waals surface area contributed by atoms with Crippen molar-refractivity contribution in [3.05, 3.63) is 108 Å². The second-order valence-electron chi connectivity index (χ2n) is 28.2. The molecule has 0 aliphatic carbocycles. The summed E-state index contributed by atoms with van der Waals surface area (Å²) in [6.07, 6.45) is 14.4. The van der Waals surface area contributed by atoms with Crippen molar-refractivity contribution in [3.63, 3.8) is 0 Å². The van der Waals surface area contributed by atoms with Crippen LogP contribution in [0.3, 0.4) is 0 Å². The van der Waals surface area contributed by atoms with Crippen LogP contribution in [-0.4, -0.2) is 216 Å². The molecule has 0 spiro atoms. The van der Waals surface area contributed by atoms with Crippen LogP contribution < -0.4 is 58.5 Å². The van der Waals surface area contributed by atoms with E-state index in [-0.39, 0.29) is 177 Å². The molecule has 114 heavy (non-hydrogen) atoms. The summed E-state index contributed by atoms with van der Waals surface area (Å²) in [4.78, 5) is 189. The summed E-state index contributed by atoms with van der Waals surface area (Å²) in [6.45, 7) is 9.65. The maximum Gasteiger partial charge on any atom is 0.407 e. The number of hydrogen-bond donors (Lipinski definition) is 11. The Labute approximate surface area is 656 Å². The van der Waals surface area contributed by atoms with Crippen LogP contribution in [0.2, 0.25) is 0 Å². The van der Waals surface area contributed by atoms with E-state index >= 15 is 0 Å². The monoisotopic (exact) mass is 1570 g/mol. The number of alkyl carbamates (subject to hydrolysis) is 1. The average Bonchev–Trinajstić information content (AvgIpc) is 1.67. The van der Waals surface area contributed by atoms with E-state index in [0.717, 1.165) is 25.7 Å². The minimum absolute atomic E-state index is 0.000640. The number of nitrogens with zero attached hydrogens (tertiary/aromatic N) is 13. The lowest BCUT2D eigenvalue weighted by atomic mass is 9.96. The van der Waals surface area contributed by atoms with E-state index in [9.17, 15) is 62.3 Å². The van der Waals surface area contributed by atoms with Gasteiger partial charge in [0.1, 0.15) is 22.7 Å². The van der Waals surface area contributed by atoms with Gasteiger partial charge in [0, 0.05) is 202 Å². The molecule has 0 atom stereocenters. The fourth-order valence-corrected chi connectivity index (χ4v) is 12.2. The summed E-state index contributed by atoms with van der Waals surface area (Å²) in [5.41, 5.74) is 0.622. The molecule has 7 aromatic rings. The molecule has 39 heteroatoms. The minimum atomic E-state index is -0.701. The van der Waals surface area contributed by atoms with E-state index in [0.29, 0.717) is 31.9 Å². The fraction of sp³-hybridized carbons (Fsp3) is 0.453. The summed E-state index contributed by atoms with van der Waals surface area (Å²) in [5.74, 6) is 7.48. The van der Waals surface area contributed by atoms with E-state index < -0.39 is 70.8 Å². The SMILES string of the molecule is CC(=O)N1CCC(C#CC#CC2CCN(C(=O)CCNC(=O)c3nc(NC(=O)c4cc(NC(=O)CCNC(=O)c5nc(NC(=O)CCCNC(=O)c6cc(NC(=O)c7nc(NC(=O)CCNC(=O)c8cc(NC(=O)c9nccn9C)cn8C)cn7C)cn6CCOCCNC(=O)OC(C)(C)C)cn5C)cn4C)cn3C)CC2)CC1. The Bertz CT molecular complexity index is 4860. The zero-order valence-electron chi connectivity index (χ0n) is 65.3. The van der Waals surface area contributed by atoms with Gasteiger partial charge in [0.15, 0.2) is 23.3 Å². The predicted octanol–water partition coefficient (Wildman–Crippen LogP) is 2.69. The molecule has 2 saturated heterocycles. The Morgan fingerprint density at radius 2 is 0.904 bits per heavy atom. The van der Waals surface area contributed by atoms with Gasteiger partial charge in [-0.05, 0) is 82.9 Å². The van der Waals surface area contributed by atoms with Crippen molar-refractivity contribution < 1.29 is 71.8 Å². The summed E-state index contributed by atoms with van der Waals surface area (Å²) in [6, 6.07) is 4.36. The molecule has 2 fully saturated rings. The van der Waals surface area contributed by atoms with Crippen LogP contribution in [0.1, 0.15) is 159 Å². The first kappa shape index (κ1) is 84.7. The molecule has 7 aromatic heterocycles. The number of nitrogens with one attached hydrogen (secondary N) is 11. The van der Waals surface area contributed by atoms with Gasteiger partial charge in [0.25, 0.3) is 41.4 Å². The molecule has 2 aliphatic rings. The average molecular weight is 1570 g/mol. The largest absolute Gasteiger partial charge is 0.444 e. The highest BCUT2D eigenvalue weighted by atomic mass is 16.6. The van der Waals surface area contributed by atoms with Crippen molar-refractivity contribution >= 4 is 111 Å². The number of ether oxygens (including phenoxy) is 2. The number of piperidine rings is 2. The third-order valence-electron chi connectivity index (χ3n) is 18.0. The molecule has 39 nitrogen and oxygen atoms in total. The summed E-state index contributed by atoms with van der Waals surface area (Å²) >= 11 is 0. The maximum absolute atomic E-state index is 13.8. The fourth-order valence-electron chi connectivity index (χ4n) is 12.2. The van der Waals surface area contributed by atoms with Crippen molar-refractivity contribution in [2.24, 2.45) is 54.1 Å². The van der Waals surface area contributed by atoms with Gasteiger partial charge in [0.2, 0.25) is 47.0 Å². The number of imidazole rings is 4. The molecule has 11 N–H and O–H groups in total. The molecule has 9 heterocycles. The molecular formula is C75H96N24O15. The Morgan fingerprint density at radius 1 is 0.447 bits per heavy atom. The highest BCUT2D eigenvalue weighted by Crippen LogP contribution is 2.23. The predicted molar refractivity (Wildman–Crippen MR) is 415 cm³/mol. The van der Waals surface area contributed by atoms with Gasteiger partial charge in [-0.1, -0.05) is 11.8 Å². The lowest BCUT2D eigenvalue weighted by Gasteiger charge is -2.29. The van der Waals surface area contributed by atoms with Crippen LogP contribution in [-0.2, 0) is 82.3 Å². The van der Waals surface area contributed by atoms with Crippen molar-refractivity contribution in [1.29, 1.82) is 0 Å². The van der Waals surface area contributed by atoms with Gasteiger partial charge in [-0.3, -0.25) is 57.5 Å². The normalized spacial score (nSPS) is 12.9. The van der Waals surface area contributed by atoms with Crippen molar-refractivity contribution in [3.8, 4) is 23.7 Å². The minimum Gasteiger partial charge on any atom is -0.444 e. The smallest absolute Gasteiger partial charge is 0.407 e. The second kappa shape index (κ2) is 39.5. The molecule has 2 aliphatic heterocycles. The van der Waals surface area contributed by atoms with E-state index in [1.165, 1.54) is 85.3 Å². The first-order valence-electron chi connectivity index (χ1n) is 37.0. The number of anilines is 6. The van der Waals surface area contributed by atoms with Crippen molar-refractivity contribution in [2.45, 2.75) is 97.6 Å². The third kappa shape index (κ3) is 24.8. The zero-order chi connectivity index (χ0) is 82.3. The van der Waals surface area contributed by atoms with Crippen LogP contribution in [0, 0.1) is 35.5 Å². The molecule has 9 rings (SSSR count). The Balaban J connectivity index is 0.671. The Hall–Kier alpha value is -13.3. The van der Waals surface area contributed by atoms with Crippen LogP contribution in [0.4, 0.5) is 39.3 Å². The molecule has 606 valence electrons. The van der Waals surface area contributed by atoms with Crippen molar-refractivity contribution in [2.75, 3.05) is 104 Å². The molecule has 13 amide bonds. The van der Waals surface area contributed by atoms with Crippen LogP contribution in [0.5, 0.6) is 0 Å². The van der Waals surface area contributed by atoms with Crippen LogP contribution in [0.15, 0.2) is 67.8 Å². The van der Waals surface area contributed by atoms with Gasteiger partial charge < -0.3 is 110 Å². The lowest BCUT2D eigenvalue weighted by Crippen LogP contribution is -2.40. The Kier molecular flexibility index (Phi) is 29.4.